The molecule has 0 amide bonds. The van der Waals surface area contributed by atoms with Gasteiger partial charge in [0, 0.05) is 24.2 Å². The van der Waals surface area contributed by atoms with E-state index in [1.165, 1.54) is 17.6 Å². The van der Waals surface area contributed by atoms with Gasteiger partial charge in [0.25, 0.3) is 0 Å². The van der Waals surface area contributed by atoms with Crippen LogP contribution in [0.1, 0.15) is 17.6 Å². The van der Waals surface area contributed by atoms with Crippen LogP contribution in [0.15, 0.2) is 5.38 Å². The predicted molar refractivity (Wildman–Crippen MR) is 68.7 cm³/mol. The molecule has 1 rings (SSSR count). The summed E-state index contributed by atoms with van der Waals surface area (Å²) in [5, 5.41) is 11.5. The van der Waals surface area contributed by atoms with Crippen molar-refractivity contribution < 1.29 is 13.5 Å². The topological polar surface area (TPSA) is 70.5 Å². The van der Waals surface area contributed by atoms with E-state index in [1.807, 2.05) is 24.3 Å². The molecule has 0 saturated heterocycles. The van der Waals surface area contributed by atoms with Crippen molar-refractivity contribution in [3.63, 3.8) is 0 Å². The van der Waals surface area contributed by atoms with Gasteiger partial charge in [0.15, 0.2) is 9.84 Å². The van der Waals surface area contributed by atoms with Gasteiger partial charge in [-0.2, -0.15) is 0 Å². The summed E-state index contributed by atoms with van der Waals surface area (Å²) in [6.07, 6.45) is 1.20. The molecule has 1 unspecified atom stereocenters. The third-order valence-corrected chi connectivity index (χ3v) is 4.29. The number of aliphatic hydroxyl groups excluding tert-OH is 1. The zero-order chi connectivity index (χ0) is 13.1. The molecule has 0 radical (unpaired) electrons. The van der Waals surface area contributed by atoms with Gasteiger partial charge in [0.2, 0.25) is 0 Å². The Morgan fingerprint density at radius 3 is 2.76 bits per heavy atom. The van der Waals surface area contributed by atoms with E-state index >= 15 is 0 Å². The van der Waals surface area contributed by atoms with E-state index in [1.54, 1.807) is 0 Å². The summed E-state index contributed by atoms with van der Waals surface area (Å²) in [4.78, 5) is 6.24. The maximum atomic E-state index is 11.1. The van der Waals surface area contributed by atoms with Gasteiger partial charge in [-0.05, 0) is 14.0 Å². The number of rotatable bonds is 6. The van der Waals surface area contributed by atoms with Crippen molar-refractivity contribution in [1.82, 2.24) is 9.88 Å². The van der Waals surface area contributed by atoms with Crippen LogP contribution in [-0.2, 0) is 22.1 Å². The Balaban J connectivity index is 2.63. The average molecular weight is 278 g/mol. The molecule has 0 saturated carbocycles. The SMILES string of the molecule is CC(CO)N(C)Cc1csc(CS(C)(=O)=O)n1. The van der Waals surface area contributed by atoms with E-state index in [4.69, 9.17) is 5.11 Å². The van der Waals surface area contributed by atoms with E-state index in [2.05, 4.69) is 4.98 Å². The Morgan fingerprint density at radius 1 is 1.59 bits per heavy atom. The lowest BCUT2D eigenvalue weighted by Gasteiger charge is -2.21. The minimum absolute atomic E-state index is 0.00304. The Labute approximate surface area is 106 Å². The number of aromatic nitrogens is 1. The highest BCUT2D eigenvalue weighted by Gasteiger charge is 2.12. The van der Waals surface area contributed by atoms with Gasteiger partial charge >= 0.3 is 0 Å². The maximum Gasteiger partial charge on any atom is 0.153 e. The number of hydrogen-bond donors (Lipinski definition) is 1. The first-order chi connectivity index (χ1) is 7.81. The molecule has 0 aliphatic carbocycles. The number of nitrogens with zero attached hydrogens (tertiary/aromatic N) is 2. The third kappa shape index (κ3) is 5.12. The molecule has 1 heterocycles. The van der Waals surface area contributed by atoms with Crippen molar-refractivity contribution in [2.24, 2.45) is 0 Å². The summed E-state index contributed by atoms with van der Waals surface area (Å²) in [6, 6.07) is 0.0649. The molecule has 0 aromatic carbocycles. The summed E-state index contributed by atoms with van der Waals surface area (Å²) >= 11 is 1.36. The molecule has 1 N–H and O–H groups in total. The van der Waals surface area contributed by atoms with Crippen LogP contribution in [0.25, 0.3) is 0 Å². The Bertz CT molecular complexity index is 456. The second-order valence-corrected chi connectivity index (χ2v) is 7.33. The highest BCUT2D eigenvalue weighted by Crippen LogP contribution is 2.14. The van der Waals surface area contributed by atoms with Crippen LogP contribution >= 0.6 is 11.3 Å². The maximum absolute atomic E-state index is 11.1. The zero-order valence-corrected chi connectivity index (χ0v) is 11.9. The first-order valence-electron chi connectivity index (χ1n) is 5.24. The molecule has 1 aromatic rings. The smallest absolute Gasteiger partial charge is 0.153 e. The molecule has 1 aromatic heterocycles. The number of thiazole rings is 1. The Morgan fingerprint density at radius 2 is 2.24 bits per heavy atom. The van der Waals surface area contributed by atoms with Crippen LogP contribution in [0.3, 0.4) is 0 Å². The van der Waals surface area contributed by atoms with Crippen LogP contribution in [0.4, 0.5) is 0 Å². The van der Waals surface area contributed by atoms with Crippen LogP contribution < -0.4 is 0 Å². The van der Waals surface area contributed by atoms with Crippen molar-refractivity contribution >= 4 is 21.2 Å². The molecule has 17 heavy (non-hydrogen) atoms. The van der Waals surface area contributed by atoms with Crippen LogP contribution in [-0.4, -0.2) is 49.4 Å². The Hall–Kier alpha value is -0.500. The van der Waals surface area contributed by atoms with Crippen molar-refractivity contribution in [3.05, 3.63) is 16.1 Å². The Kier molecular flexibility index (Phi) is 5.05. The quantitative estimate of drug-likeness (QED) is 0.820. The molecule has 0 aliphatic rings. The fraction of sp³-hybridized carbons (Fsp3) is 0.700. The lowest BCUT2D eigenvalue weighted by molar-refractivity contribution is 0.153. The monoisotopic (exact) mass is 278 g/mol. The van der Waals surface area contributed by atoms with Gasteiger partial charge in [-0.1, -0.05) is 0 Å². The largest absolute Gasteiger partial charge is 0.395 e. The molecular weight excluding hydrogens is 260 g/mol. The minimum Gasteiger partial charge on any atom is -0.395 e. The van der Waals surface area contributed by atoms with Crippen molar-refractivity contribution in [2.45, 2.75) is 25.3 Å². The third-order valence-electron chi connectivity index (χ3n) is 2.41. The van der Waals surface area contributed by atoms with Gasteiger partial charge < -0.3 is 5.11 Å². The van der Waals surface area contributed by atoms with Crippen molar-refractivity contribution in [3.8, 4) is 0 Å². The van der Waals surface area contributed by atoms with Crippen LogP contribution in [0, 0.1) is 0 Å². The normalized spacial score (nSPS) is 14.2. The minimum atomic E-state index is -3.02. The molecule has 7 heteroatoms. The molecule has 0 aliphatic heterocycles. The second kappa shape index (κ2) is 5.90. The number of aliphatic hydroxyl groups is 1. The van der Waals surface area contributed by atoms with Gasteiger partial charge in [-0.3, -0.25) is 4.90 Å². The summed E-state index contributed by atoms with van der Waals surface area (Å²) < 4.78 is 22.2. The number of likely N-dealkylation sites (N-methyl/N-ethyl adjacent to an activating group) is 1. The molecule has 0 bridgehead atoms. The van der Waals surface area contributed by atoms with Crippen LogP contribution in [0.2, 0.25) is 0 Å². The number of hydrogen-bond acceptors (Lipinski definition) is 6. The summed E-state index contributed by atoms with van der Waals surface area (Å²) in [5.41, 5.74) is 0.844. The lowest BCUT2D eigenvalue weighted by Crippen LogP contribution is -2.31. The molecule has 5 nitrogen and oxygen atoms in total. The standard InChI is InChI=1S/C10H18N2O3S2/c1-8(5-13)12(2)4-9-6-16-10(11-9)7-17(3,14)15/h6,8,13H,4-5,7H2,1-3H3. The van der Waals surface area contributed by atoms with E-state index in [9.17, 15) is 8.42 Å². The van der Waals surface area contributed by atoms with Gasteiger partial charge in [0.1, 0.15) is 10.8 Å². The van der Waals surface area contributed by atoms with Crippen LogP contribution in [0.5, 0.6) is 0 Å². The molecule has 0 spiro atoms. The molecule has 0 fully saturated rings. The van der Waals surface area contributed by atoms with E-state index < -0.39 is 9.84 Å². The average Bonchev–Trinajstić information content (AvgIpc) is 2.61. The molecule has 98 valence electrons. The van der Waals surface area contributed by atoms with Gasteiger partial charge in [-0.25, -0.2) is 13.4 Å². The lowest BCUT2D eigenvalue weighted by atomic mass is 10.3. The van der Waals surface area contributed by atoms with Gasteiger partial charge in [-0.15, -0.1) is 11.3 Å². The van der Waals surface area contributed by atoms with Gasteiger partial charge in [0.05, 0.1) is 12.3 Å². The fourth-order valence-electron chi connectivity index (χ4n) is 1.26. The first kappa shape index (κ1) is 14.6. The summed E-state index contributed by atoms with van der Waals surface area (Å²) in [5.74, 6) is -0.00304. The summed E-state index contributed by atoms with van der Waals surface area (Å²) in [6.45, 7) is 2.63. The van der Waals surface area contributed by atoms with Crippen molar-refractivity contribution in [2.75, 3.05) is 19.9 Å². The molecular formula is C10H18N2O3S2. The van der Waals surface area contributed by atoms with E-state index in [-0.39, 0.29) is 18.4 Å². The number of sulfone groups is 1. The fourth-order valence-corrected chi connectivity index (χ4v) is 3.26. The molecule has 1 atom stereocenters. The summed E-state index contributed by atoms with van der Waals surface area (Å²) in [7, 11) is -1.12. The van der Waals surface area contributed by atoms with E-state index in [0.29, 0.717) is 11.6 Å². The second-order valence-electron chi connectivity index (χ2n) is 4.25. The predicted octanol–water partition coefficient (Wildman–Crippen LogP) is 0.500. The highest BCUT2D eigenvalue weighted by atomic mass is 32.2. The first-order valence-corrected chi connectivity index (χ1v) is 8.18. The van der Waals surface area contributed by atoms with E-state index in [0.717, 1.165) is 5.69 Å². The zero-order valence-electron chi connectivity index (χ0n) is 10.3. The van der Waals surface area contributed by atoms with Crippen molar-refractivity contribution in [1.29, 1.82) is 0 Å². The highest BCUT2D eigenvalue weighted by molar-refractivity contribution is 7.90.